The first-order valence-electron chi connectivity index (χ1n) is 9.57. The van der Waals surface area contributed by atoms with E-state index in [2.05, 4.69) is 15.3 Å². The molecule has 0 spiro atoms. The van der Waals surface area contributed by atoms with Crippen LogP contribution < -0.4 is 16.6 Å². The Bertz CT molecular complexity index is 1250. The first kappa shape index (κ1) is 21.4. The highest BCUT2D eigenvalue weighted by atomic mass is 19.1. The highest BCUT2D eigenvalue weighted by Gasteiger charge is 2.22. The number of aryl methyl sites for hydroxylation is 1. The fraction of sp³-hybridized carbons (Fsp3) is 0.333. The maximum atomic E-state index is 14.1. The molecule has 0 fully saturated rings. The number of rotatable bonds is 5. The fourth-order valence-electron chi connectivity index (χ4n) is 3.27. The Morgan fingerprint density at radius 3 is 2.50 bits per heavy atom. The number of nitrogens with one attached hydrogen (secondary N) is 2. The number of fused-ring (bicyclic) bond motifs is 1. The Morgan fingerprint density at radius 1 is 1.20 bits per heavy atom. The number of halogens is 2. The topological polar surface area (TPSA) is 96.9 Å². The zero-order chi connectivity index (χ0) is 22.2. The monoisotopic (exact) mass is 416 g/mol. The van der Waals surface area contributed by atoms with Crippen molar-refractivity contribution in [2.24, 2.45) is 0 Å². The minimum absolute atomic E-state index is 0.0230. The molecule has 2 aromatic heterocycles. The van der Waals surface area contributed by atoms with Gasteiger partial charge in [-0.15, -0.1) is 0 Å². The summed E-state index contributed by atoms with van der Waals surface area (Å²) in [6.45, 7) is 7.26. The molecule has 0 saturated carbocycles. The molecular formula is C21H22F2N4O3. The first-order chi connectivity index (χ1) is 14.1. The number of nitrogens with zero attached hydrogens (tertiary/aromatic N) is 2. The summed E-state index contributed by atoms with van der Waals surface area (Å²) >= 11 is 0. The van der Waals surface area contributed by atoms with Gasteiger partial charge in [0.05, 0.1) is 17.0 Å². The van der Waals surface area contributed by atoms with Gasteiger partial charge in [0.25, 0.3) is 11.5 Å². The number of aromatic nitrogens is 3. The largest absolute Gasteiger partial charge is 0.345 e. The van der Waals surface area contributed by atoms with Crippen molar-refractivity contribution in [2.75, 3.05) is 0 Å². The van der Waals surface area contributed by atoms with Gasteiger partial charge in [-0.2, -0.15) is 0 Å². The second-order valence-electron chi connectivity index (χ2n) is 7.31. The number of carbonyl (C=O) groups excluding carboxylic acids is 1. The van der Waals surface area contributed by atoms with E-state index in [4.69, 9.17) is 0 Å². The lowest BCUT2D eigenvalue weighted by molar-refractivity contribution is 0.0940. The van der Waals surface area contributed by atoms with Crippen molar-refractivity contribution in [3.05, 3.63) is 73.6 Å². The predicted molar refractivity (Wildman–Crippen MR) is 109 cm³/mol. The number of H-pyrrole nitrogens is 1. The molecule has 2 heterocycles. The summed E-state index contributed by atoms with van der Waals surface area (Å²) in [7, 11) is 0. The standard InChI is InChI=1S/C21H22F2N4O3/c1-5-27-18-17(20(29)26-21(27)30)14(9-16(25-18)10(2)3)19(28)24-11(4)13-7-6-12(22)8-15(13)23/h6-11H,5H2,1-4H3,(H,24,28)(H,26,29,30). The van der Waals surface area contributed by atoms with Gasteiger partial charge < -0.3 is 5.32 Å². The van der Waals surface area contributed by atoms with E-state index >= 15 is 0 Å². The van der Waals surface area contributed by atoms with E-state index in [-0.39, 0.29) is 34.6 Å². The molecule has 0 aliphatic carbocycles. The van der Waals surface area contributed by atoms with Gasteiger partial charge in [-0.3, -0.25) is 19.1 Å². The number of amides is 1. The molecule has 0 aliphatic heterocycles. The molecule has 3 rings (SSSR count). The number of hydrogen-bond donors (Lipinski definition) is 2. The Morgan fingerprint density at radius 2 is 1.90 bits per heavy atom. The van der Waals surface area contributed by atoms with Crippen LogP contribution in [0.25, 0.3) is 11.0 Å². The quantitative estimate of drug-likeness (QED) is 0.668. The van der Waals surface area contributed by atoms with Crippen LogP contribution in [0.2, 0.25) is 0 Å². The molecule has 1 aromatic carbocycles. The van der Waals surface area contributed by atoms with E-state index in [0.29, 0.717) is 5.69 Å². The molecule has 0 saturated heterocycles. The molecule has 1 amide bonds. The van der Waals surface area contributed by atoms with E-state index in [1.807, 2.05) is 13.8 Å². The molecule has 1 atom stereocenters. The van der Waals surface area contributed by atoms with E-state index in [1.54, 1.807) is 13.8 Å². The van der Waals surface area contributed by atoms with E-state index < -0.39 is 34.8 Å². The maximum absolute atomic E-state index is 14.1. The van der Waals surface area contributed by atoms with Crippen molar-refractivity contribution in [1.82, 2.24) is 19.9 Å². The average molecular weight is 416 g/mol. The highest BCUT2D eigenvalue weighted by molar-refractivity contribution is 6.05. The molecule has 0 aliphatic rings. The molecule has 30 heavy (non-hydrogen) atoms. The van der Waals surface area contributed by atoms with Crippen LogP contribution in [0.5, 0.6) is 0 Å². The van der Waals surface area contributed by atoms with Crippen molar-refractivity contribution in [2.45, 2.75) is 46.2 Å². The van der Waals surface area contributed by atoms with Crippen molar-refractivity contribution < 1.29 is 13.6 Å². The third kappa shape index (κ3) is 3.87. The second-order valence-corrected chi connectivity index (χ2v) is 7.31. The maximum Gasteiger partial charge on any atom is 0.329 e. The molecule has 158 valence electrons. The third-order valence-electron chi connectivity index (χ3n) is 4.90. The van der Waals surface area contributed by atoms with Gasteiger partial charge in [-0.1, -0.05) is 19.9 Å². The number of aromatic amines is 1. The summed E-state index contributed by atoms with van der Waals surface area (Å²) in [6.07, 6.45) is 0. The molecule has 1 unspecified atom stereocenters. The van der Waals surface area contributed by atoms with E-state index in [0.717, 1.165) is 12.1 Å². The van der Waals surface area contributed by atoms with Crippen LogP contribution in [-0.2, 0) is 6.54 Å². The van der Waals surface area contributed by atoms with E-state index in [9.17, 15) is 23.2 Å². The minimum Gasteiger partial charge on any atom is -0.345 e. The third-order valence-corrected chi connectivity index (χ3v) is 4.90. The number of hydrogen-bond acceptors (Lipinski definition) is 4. The molecule has 0 radical (unpaired) electrons. The van der Waals surface area contributed by atoms with Gasteiger partial charge in [-0.05, 0) is 31.9 Å². The van der Waals surface area contributed by atoms with Crippen LogP contribution in [0.15, 0.2) is 33.9 Å². The summed E-state index contributed by atoms with van der Waals surface area (Å²) in [5, 5.41) is 2.62. The number of benzene rings is 1. The van der Waals surface area contributed by atoms with Crippen molar-refractivity contribution in [1.29, 1.82) is 0 Å². The zero-order valence-electron chi connectivity index (χ0n) is 17.0. The Balaban J connectivity index is 2.15. The van der Waals surface area contributed by atoms with Gasteiger partial charge in [0, 0.05) is 23.9 Å². The molecule has 2 N–H and O–H groups in total. The van der Waals surface area contributed by atoms with Gasteiger partial charge in [0.2, 0.25) is 0 Å². The van der Waals surface area contributed by atoms with Crippen LogP contribution in [0, 0.1) is 11.6 Å². The summed E-state index contributed by atoms with van der Waals surface area (Å²) in [5.74, 6) is -2.22. The molecule has 7 nitrogen and oxygen atoms in total. The van der Waals surface area contributed by atoms with Crippen LogP contribution in [-0.4, -0.2) is 20.4 Å². The highest BCUT2D eigenvalue weighted by Crippen LogP contribution is 2.22. The SMILES string of the molecule is CCn1c(=O)[nH]c(=O)c2c(C(=O)NC(C)c3ccc(F)cc3F)cc(C(C)C)nc21. The Kier molecular flexibility index (Phi) is 5.82. The fourth-order valence-corrected chi connectivity index (χ4v) is 3.27. The van der Waals surface area contributed by atoms with Crippen LogP contribution in [0.4, 0.5) is 8.78 Å². The zero-order valence-corrected chi connectivity index (χ0v) is 17.0. The summed E-state index contributed by atoms with van der Waals surface area (Å²) in [6, 6.07) is 3.79. The van der Waals surface area contributed by atoms with Crippen LogP contribution in [0.1, 0.15) is 61.3 Å². The summed E-state index contributed by atoms with van der Waals surface area (Å²) in [5.41, 5.74) is -0.568. The van der Waals surface area contributed by atoms with Gasteiger partial charge >= 0.3 is 5.69 Å². The normalized spacial score (nSPS) is 12.4. The smallest absolute Gasteiger partial charge is 0.329 e. The molecule has 3 aromatic rings. The van der Waals surface area contributed by atoms with Crippen molar-refractivity contribution >= 4 is 16.9 Å². The van der Waals surface area contributed by atoms with Gasteiger partial charge in [0.1, 0.15) is 11.6 Å². The van der Waals surface area contributed by atoms with E-state index in [1.165, 1.54) is 16.7 Å². The lowest BCUT2D eigenvalue weighted by atomic mass is 10.0. The summed E-state index contributed by atoms with van der Waals surface area (Å²) < 4.78 is 28.6. The second kappa shape index (κ2) is 8.17. The van der Waals surface area contributed by atoms with Crippen molar-refractivity contribution in [3.63, 3.8) is 0 Å². The molecule has 0 bridgehead atoms. The lowest BCUT2D eigenvalue weighted by Crippen LogP contribution is -2.34. The Labute approximate surface area is 170 Å². The first-order valence-corrected chi connectivity index (χ1v) is 9.57. The predicted octanol–water partition coefficient (Wildman–Crippen LogP) is 3.00. The number of carbonyl (C=O) groups is 1. The van der Waals surface area contributed by atoms with Crippen LogP contribution >= 0.6 is 0 Å². The van der Waals surface area contributed by atoms with Crippen molar-refractivity contribution in [3.8, 4) is 0 Å². The lowest BCUT2D eigenvalue weighted by Gasteiger charge is -2.17. The van der Waals surface area contributed by atoms with Gasteiger partial charge in [-0.25, -0.2) is 18.6 Å². The summed E-state index contributed by atoms with van der Waals surface area (Å²) in [4.78, 5) is 44.4. The minimum atomic E-state index is -0.792. The average Bonchev–Trinajstić information content (AvgIpc) is 2.66. The molecule has 9 heteroatoms. The Hall–Kier alpha value is -3.36. The van der Waals surface area contributed by atoms with Gasteiger partial charge in [0.15, 0.2) is 5.65 Å². The van der Waals surface area contributed by atoms with Crippen LogP contribution in [0.3, 0.4) is 0 Å². The number of pyridine rings is 1. The molecular weight excluding hydrogens is 394 g/mol.